The molecule has 0 unspecified atom stereocenters. The summed E-state index contributed by atoms with van der Waals surface area (Å²) >= 11 is 1.61. The quantitative estimate of drug-likeness (QED) is 0.838. The van der Waals surface area contributed by atoms with E-state index in [1.807, 2.05) is 25.4 Å². The normalized spacial score (nSPS) is 10.3. The van der Waals surface area contributed by atoms with E-state index in [2.05, 4.69) is 15.2 Å². The van der Waals surface area contributed by atoms with Crippen LogP contribution in [0.1, 0.15) is 9.75 Å². The van der Waals surface area contributed by atoms with Gasteiger partial charge in [-0.05, 0) is 12.1 Å². The minimum Gasteiger partial charge on any atom is -0.469 e. The molecule has 0 aliphatic carbocycles. The molecule has 18 heavy (non-hydrogen) atoms. The van der Waals surface area contributed by atoms with Gasteiger partial charge in [-0.15, -0.1) is 11.3 Å². The number of esters is 1. The fourth-order valence-electron chi connectivity index (χ4n) is 1.53. The van der Waals surface area contributed by atoms with Gasteiger partial charge in [0.05, 0.1) is 25.4 Å². The number of aromatic nitrogens is 2. The lowest BCUT2D eigenvalue weighted by Crippen LogP contribution is -2.02. The van der Waals surface area contributed by atoms with Crippen LogP contribution in [0.2, 0.25) is 0 Å². The Morgan fingerprint density at radius 1 is 1.50 bits per heavy atom. The lowest BCUT2D eigenvalue weighted by molar-refractivity contribution is -0.139. The topological polar surface area (TPSA) is 56.1 Å². The van der Waals surface area contributed by atoms with Gasteiger partial charge in [0.15, 0.2) is 0 Å². The maximum Gasteiger partial charge on any atom is 0.310 e. The molecular formula is C12H15N3O2S. The number of carbonyl (C=O) groups is 1. The van der Waals surface area contributed by atoms with Crippen LogP contribution < -0.4 is 5.32 Å². The van der Waals surface area contributed by atoms with E-state index in [1.54, 1.807) is 22.2 Å². The first kappa shape index (κ1) is 12.6. The Hall–Kier alpha value is -1.82. The number of methoxy groups -OCH3 is 1. The van der Waals surface area contributed by atoms with E-state index in [0.717, 1.165) is 17.1 Å². The SMILES string of the molecule is COC(=O)Cc1ccc(CNc2cnn(C)c2)s1. The van der Waals surface area contributed by atoms with E-state index in [4.69, 9.17) is 0 Å². The highest BCUT2D eigenvalue weighted by molar-refractivity contribution is 7.12. The van der Waals surface area contributed by atoms with Gasteiger partial charge in [0.2, 0.25) is 0 Å². The summed E-state index contributed by atoms with van der Waals surface area (Å²) in [5.41, 5.74) is 0.986. The van der Waals surface area contributed by atoms with Crippen molar-refractivity contribution in [1.82, 2.24) is 9.78 Å². The Morgan fingerprint density at radius 3 is 2.94 bits per heavy atom. The molecule has 0 aliphatic heterocycles. The van der Waals surface area contributed by atoms with Crippen LogP contribution in [0.5, 0.6) is 0 Å². The van der Waals surface area contributed by atoms with Crippen LogP contribution in [0.15, 0.2) is 24.5 Å². The Morgan fingerprint density at radius 2 is 2.28 bits per heavy atom. The molecule has 0 bridgehead atoms. The number of anilines is 1. The van der Waals surface area contributed by atoms with Gasteiger partial charge in [0.25, 0.3) is 0 Å². The zero-order valence-corrected chi connectivity index (χ0v) is 11.2. The van der Waals surface area contributed by atoms with Crippen molar-refractivity contribution in [3.8, 4) is 0 Å². The molecule has 2 aromatic rings. The first-order valence-corrected chi connectivity index (χ1v) is 6.36. The molecule has 1 N–H and O–H groups in total. The smallest absolute Gasteiger partial charge is 0.310 e. The number of rotatable bonds is 5. The largest absolute Gasteiger partial charge is 0.469 e. The molecule has 0 aliphatic rings. The molecule has 2 aromatic heterocycles. The fourth-order valence-corrected chi connectivity index (χ4v) is 2.47. The summed E-state index contributed by atoms with van der Waals surface area (Å²) in [6.07, 6.45) is 4.04. The first-order chi connectivity index (χ1) is 8.67. The predicted octanol–water partition coefficient (Wildman–Crippen LogP) is 1.81. The lowest BCUT2D eigenvalue weighted by atomic mass is 10.3. The van der Waals surface area contributed by atoms with Crippen LogP contribution in [0.3, 0.4) is 0 Å². The summed E-state index contributed by atoms with van der Waals surface area (Å²) in [4.78, 5) is 13.3. The van der Waals surface area contributed by atoms with Gasteiger partial charge >= 0.3 is 5.97 Å². The van der Waals surface area contributed by atoms with E-state index in [0.29, 0.717) is 6.42 Å². The van der Waals surface area contributed by atoms with Crippen LogP contribution in [0.25, 0.3) is 0 Å². The maximum absolute atomic E-state index is 11.1. The van der Waals surface area contributed by atoms with Crippen LogP contribution in [-0.4, -0.2) is 22.9 Å². The van der Waals surface area contributed by atoms with Crippen molar-refractivity contribution >= 4 is 23.0 Å². The summed E-state index contributed by atoms with van der Waals surface area (Å²) in [6, 6.07) is 3.98. The third-order valence-corrected chi connectivity index (χ3v) is 3.52. The Labute approximate surface area is 109 Å². The summed E-state index contributed by atoms with van der Waals surface area (Å²) in [7, 11) is 3.28. The van der Waals surface area contributed by atoms with Gasteiger partial charge in [-0.2, -0.15) is 5.10 Å². The van der Waals surface area contributed by atoms with E-state index in [9.17, 15) is 4.79 Å². The number of carbonyl (C=O) groups excluding carboxylic acids is 1. The third-order valence-electron chi connectivity index (χ3n) is 2.44. The molecule has 0 atom stereocenters. The number of nitrogens with one attached hydrogen (secondary N) is 1. The molecule has 2 rings (SSSR count). The minimum atomic E-state index is -0.205. The Bertz CT molecular complexity index is 533. The van der Waals surface area contributed by atoms with Gasteiger partial charge in [0, 0.05) is 29.5 Å². The molecule has 96 valence electrons. The van der Waals surface area contributed by atoms with E-state index in [1.165, 1.54) is 12.0 Å². The molecule has 2 heterocycles. The second kappa shape index (κ2) is 5.68. The summed E-state index contributed by atoms with van der Waals surface area (Å²) < 4.78 is 6.39. The number of ether oxygens (including phenoxy) is 1. The highest BCUT2D eigenvalue weighted by Gasteiger charge is 2.06. The molecule has 5 nitrogen and oxygen atoms in total. The summed E-state index contributed by atoms with van der Waals surface area (Å²) in [5, 5.41) is 7.35. The molecule has 0 amide bonds. The molecular weight excluding hydrogens is 250 g/mol. The third kappa shape index (κ3) is 3.33. The molecule has 0 radical (unpaired) electrons. The van der Waals surface area contributed by atoms with Crippen molar-refractivity contribution < 1.29 is 9.53 Å². The van der Waals surface area contributed by atoms with Gasteiger partial charge in [-0.25, -0.2) is 0 Å². The zero-order chi connectivity index (χ0) is 13.0. The maximum atomic E-state index is 11.1. The molecule has 0 fully saturated rings. The van der Waals surface area contributed by atoms with Gasteiger partial charge in [0.1, 0.15) is 0 Å². The average molecular weight is 265 g/mol. The number of thiophene rings is 1. The second-order valence-electron chi connectivity index (χ2n) is 3.88. The van der Waals surface area contributed by atoms with Crippen LogP contribution >= 0.6 is 11.3 Å². The highest BCUT2D eigenvalue weighted by Crippen LogP contribution is 2.18. The molecule has 0 saturated carbocycles. The monoisotopic (exact) mass is 265 g/mol. The fraction of sp³-hybridized carbons (Fsp3) is 0.333. The average Bonchev–Trinajstić information content (AvgIpc) is 2.96. The van der Waals surface area contributed by atoms with Crippen LogP contribution in [0.4, 0.5) is 5.69 Å². The number of hydrogen-bond donors (Lipinski definition) is 1. The highest BCUT2D eigenvalue weighted by atomic mass is 32.1. The van der Waals surface area contributed by atoms with Crippen LogP contribution in [0, 0.1) is 0 Å². The Balaban J connectivity index is 1.88. The number of hydrogen-bond acceptors (Lipinski definition) is 5. The van der Waals surface area contributed by atoms with E-state index >= 15 is 0 Å². The van der Waals surface area contributed by atoms with E-state index in [-0.39, 0.29) is 5.97 Å². The Kier molecular flexibility index (Phi) is 3.99. The molecule has 0 aromatic carbocycles. The van der Waals surface area contributed by atoms with E-state index < -0.39 is 0 Å². The standard InChI is InChI=1S/C12H15N3O2S/c1-15-8-9(6-14-15)13-7-11-4-3-10(18-11)5-12(16)17-2/h3-4,6,8,13H,5,7H2,1-2H3. The summed E-state index contributed by atoms with van der Waals surface area (Å²) in [5.74, 6) is -0.205. The van der Waals surface area contributed by atoms with Crippen LogP contribution in [-0.2, 0) is 29.5 Å². The number of nitrogens with zero attached hydrogens (tertiary/aromatic N) is 2. The van der Waals surface area contributed by atoms with Gasteiger partial charge < -0.3 is 10.1 Å². The zero-order valence-electron chi connectivity index (χ0n) is 10.3. The van der Waals surface area contributed by atoms with Crippen molar-refractivity contribution in [3.05, 3.63) is 34.3 Å². The van der Waals surface area contributed by atoms with Crippen molar-refractivity contribution in [2.45, 2.75) is 13.0 Å². The molecule has 6 heteroatoms. The van der Waals surface area contributed by atoms with Crippen molar-refractivity contribution in [3.63, 3.8) is 0 Å². The predicted molar refractivity (Wildman–Crippen MR) is 70.6 cm³/mol. The number of aryl methyl sites for hydroxylation is 1. The van der Waals surface area contributed by atoms with Gasteiger partial charge in [-0.3, -0.25) is 9.48 Å². The minimum absolute atomic E-state index is 0.205. The summed E-state index contributed by atoms with van der Waals surface area (Å²) in [6.45, 7) is 0.734. The molecule has 0 spiro atoms. The van der Waals surface area contributed by atoms with Gasteiger partial charge in [-0.1, -0.05) is 0 Å². The second-order valence-corrected chi connectivity index (χ2v) is 5.13. The molecule has 0 saturated heterocycles. The lowest BCUT2D eigenvalue weighted by Gasteiger charge is -2.00. The van der Waals surface area contributed by atoms with Crippen molar-refractivity contribution in [2.75, 3.05) is 12.4 Å². The van der Waals surface area contributed by atoms with Crippen molar-refractivity contribution in [1.29, 1.82) is 0 Å². The van der Waals surface area contributed by atoms with Crippen molar-refractivity contribution in [2.24, 2.45) is 7.05 Å². The first-order valence-electron chi connectivity index (χ1n) is 5.54.